The molecule has 2 aromatic rings. The monoisotopic (exact) mass is 342 g/mol. The van der Waals surface area contributed by atoms with Gasteiger partial charge in [0.25, 0.3) is 0 Å². The molecule has 0 radical (unpaired) electrons. The molecule has 1 aromatic carbocycles. The van der Waals surface area contributed by atoms with Gasteiger partial charge in [-0.15, -0.1) is 0 Å². The standard InChI is InChI=1S/C18H22N4O3/c1-21-16(6-9-19-21)20-17(23)22-12-14-4-2-3-5-15(14)25-18(13-22)7-10-24-11-8-18/h2-6,9H,7-8,10-13H2,1H3,(H,20,23). The summed E-state index contributed by atoms with van der Waals surface area (Å²) in [5, 5.41) is 7.04. The Balaban J connectivity index is 1.62. The number of amides is 2. The van der Waals surface area contributed by atoms with Gasteiger partial charge in [0, 0.05) is 31.5 Å². The molecule has 0 atom stereocenters. The zero-order chi connectivity index (χ0) is 17.3. The highest BCUT2D eigenvalue weighted by Crippen LogP contribution is 2.35. The lowest BCUT2D eigenvalue weighted by Crippen LogP contribution is -2.51. The SMILES string of the molecule is Cn1nccc1NC(=O)N1Cc2ccccc2OC2(CCOCC2)C1. The molecule has 0 aliphatic carbocycles. The number of rotatable bonds is 1. The first-order valence-electron chi connectivity index (χ1n) is 8.54. The van der Waals surface area contributed by atoms with Crippen molar-refractivity contribution in [3.63, 3.8) is 0 Å². The maximum Gasteiger partial charge on any atom is 0.323 e. The summed E-state index contributed by atoms with van der Waals surface area (Å²) >= 11 is 0. The quantitative estimate of drug-likeness (QED) is 0.864. The van der Waals surface area contributed by atoms with Crippen LogP contribution in [0, 0.1) is 0 Å². The number of benzene rings is 1. The van der Waals surface area contributed by atoms with Gasteiger partial charge >= 0.3 is 6.03 Å². The number of para-hydroxylation sites is 1. The molecule has 2 aliphatic rings. The van der Waals surface area contributed by atoms with E-state index in [1.807, 2.05) is 29.2 Å². The Morgan fingerprint density at radius 2 is 2.04 bits per heavy atom. The first-order valence-corrected chi connectivity index (χ1v) is 8.54. The van der Waals surface area contributed by atoms with Crippen molar-refractivity contribution in [1.29, 1.82) is 0 Å². The molecule has 2 aliphatic heterocycles. The predicted molar refractivity (Wildman–Crippen MR) is 92.5 cm³/mol. The molecular weight excluding hydrogens is 320 g/mol. The molecule has 3 heterocycles. The van der Waals surface area contributed by atoms with Gasteiger partial charge in [0.1, 0.15) is 17.2 Å². The maximum atomic E-state index is 12.9. The Bertz CT molecular complexity index is 767. The van der Waals surface area contributed by atoms with Crippen LogP contribution in [0.4, 0.5) is 10.6 Å². The Kier molecular flexibility index (Phi) is 4.09. The molecule has 4 rings (SSSR count). The molecule has 1 fully saturated rings. The van der Waals surface area contributed by atoms with Crippen LogP contribution < -0.4 is 10.1 Å². The van der Waals surface area contributed by atoms with Crippen molar-refractivity contribution < 1.29 is 14.3 Å². The fraction of sp³-hybridized carbons (Fsp3) is 0.444. The zero-order valence-electron chi connectivity index (χ0n) is 14.3. The van der Waals surface area contributed by atoms with E-state index in [4.69, 9.17) is 9.47 Å². The van der Waals surface area contributed by atoms with Crippen molar-refractivity contribution in [3.05, 3.63) is 42.1 Å². The van der Waals surface area contributed by atoms with Gasteiger partial charge < -0.3 is 14.4 Å². The number of aromatic nitrogens is 2. The lowest BCUT2D eigenvalue weighted by atomic mass is 9.93. The van der Waals surface area contributed by atoms with Gasteiger partial charge in [-0.05, 0) is 6.07 Å². The van der Waals surface area contributed by atoms with Crippen molar-refractivity contribution in [2.24, 2.45) is 7.05 Å². The largest absolute Gasteiger partial charge is 0.485 e. The van der Waals surface area contributed by atoms with E-state index in [9.17, 15) is 4.79 Å². The van der Waals surface area contributed by atoms with E-state index in [1.165, 1.54) is 0 Å². The minimum absolute atomic E-state index is 0.144. The van der Waals surface area contributed by atoms with E-state index in [0.29, 0.717) is 32.1 Å². The molecule has 1 aromatic heterocycles. The number of hydrogen-bond acceptors (Lipinski definition) is 4. The predicted octanol–water partition coefficient (Wildman–Crippen LogP) is 2.40. The van der Waals surface area contributed by atoms with Crippen LogP contribution in [0.5, 0.6) is 5.75 Å². The summed E-state index contributed by atoms with van der Waals surface area (Å²) in [5.74, 6) is 1.53. The number of ether oxygens (including phenoxy) is 2. The van der Waals surface area contributed by atoms with Gasteiger partial charge in [-0.2, -0.15) is 5.10 Å². The molecule has 2 amide bonds. The van der Waals surface area contributed by atoms with Gasteiger partial charge in [0.15, 0.2) is 0 Å². The maximum absolute atomic E-state index is 12.9. The molecule has 0 saturated carbocycles. The Hall–Kier alpha value is -2.54. The Morgan fingerprint density at radius 1 is 1.24 bits per heavy atom. The third-order valence-electron chi connectivity index (χ3n) is 4.89. The lowest BCUT2D eigenvalue weighted by Gasteiger charge is -2.38. The van der Waals surface area contributed by atoms with Gasteiger partial charge in [-0.1, -0.05) is 18.2 Å². The van der Waals surface area contributed by atoms with Crippen LogP contribution in [0.1, 0.15) is 18.4 Å². The van der Waals surface area contributed by atoms with Crippen LogP contribution in [-0.2, 0) is 18.3 Å². The molecular formula is C18H22N4O3. The number of hydrogen-bond donors (Lipinski definition) is 1. The molecule has 132 valence electrons. The fourth-order valence-corrected chi connectivity index (χ4v) is 3.44. The van der Waals surface area contributed by atoms with Gasteiger partial charge in [-0.3, -0.25) is 10.00 Å². The Labute approximate surface area is 146 Å². The van der Waals surface area contributed by atoms with Gasteiger partial charge in [0.05, 0.1) is 32.5 Å². The number of aryl methyl sites for hydroxylation is 1. The van der Waals surface area contributed by atoms with Gasteiger partial charge in [0.2, 0.25) is 0 Å². The van der Waals surface area contributed by atoms with Crippen LogP contribution in [0.3, 0.4) is 0 Å². The summed E-state index contributed by atoms with van der Waals surface area (Å²) < 4.78 is 13.6. The van der Waals surface area contributed by atoms with Crippen LogP contribution in [0.2, 0.25) is 0 Å². The number of urea groups is 1. The highest BCUT2D eigenvalue weighted by Gasteiger charge is 2.40. The molecule has 1 spiro atoms. The first-order chi connectivity index (χ1) is 12.2. The summed E-state index contributed by atoms with van der Waals surface area (Å²) in [4.78, 5) is 14.7. The molecule has 0 unspecified atom stereocenters. The van der Waals surface area contributed by atoms with E-state index in [0.717, 1.165) is 24.2 Å². The van der Waals surface area contributed by atoms with Gasteiger partial charge in [-0.25, -0.2) is 4.79 Å². The molecule has 1 saturated heterocycles. The number of nitrogens with one attached hydrogen (secondary N) is 1. The number of carbonyl (C=O) groups is 1. The Morgan fingerprint density at radius 3 is 2.80 bits per heavy atom. The molecule has 7 nitrogen and oxygen atoms in total. The van der Waals surface area contributed by atoms with Crippen LogP contribution in [0.15, 0.2) is 36.5 Å². The average molecular weight is 342 g/mol. The zero-order valence-corrected chi connectivity index (χ0v) is 14.3. The number of anilines is 1. The smallest absolute Gasteiger partial charge is 0.323 e. The van der Waals surface area contributed by atoms with Crippen LogP contribution >= 0.6 is 0 Å². The first kappa shape index (κ1) is 16.0. The fourth-order valence-electron chi connectivity index (χ4n) is 3.44. The third-order valence-corrected chi connectivity index (χ3v) is 4.89. The highest BCUT2D eigenvalue weighted by molar-refractivity contribution is 5.88. The van der Waals surface area contributed by atoms with Crippen LogP contribution in [-0.4, -0.2) is 46.1 Å². The summed E-state index contributed by atoms with van der Waals surface area (Å²) in [5.41, 5.74) is 0.625. The summed E-state index contributed by atoms with van der Waals surface area (Å²) in [7, 11) is 1.80. The molecule has 0 bridgehead atoms. The van der Waals surface area contributed by atoms with E-state index >= 15 is 0 Å². The van der Waals surface area contributed by atoms with Crippen molar-refractivity contribution in [2.75, 3.05) is 25.1 Å². The average Bonchev–Trinajstić information content (AvgIpc) is 2.93. The van der Waals surface area contributed by atoms with E-state index in [-0.39, 0.29) is 6.03 Å². The van der Waals surface area contributed by atoms with Crippen molar-refractivity contribution in [1.82, 2.24) is 14.7 Å². The van der Waals surface area contributed by atoms with E-state index in [2.05, 4.69) is 10.4 Å². The second kappa shape index (κ2) is 6.40. The van der Waals surface area contributed by atoms with Crippen LogP contribution in [0.25, 0.3) is 0 Å². The highest BCUT2D eigenvalue weighted by atomic mass is 16.5. The van der Waals surface area contributed by atoms with E-state index in [1.54, 1.807) is 24.0 Å². The topological polar surface area (TPSA) is 68.6 Å². The third kappa shape index (κ3) is 3.19. The summed E-state index contributed by atoms with van der Waals surface area (Å²) in [6.45, 7) is 2.36. The number of carbonyl (C=O) groups excluding carboxylic acids is 1. The molecule has 1 N–H and O–H groups in total. The van der Waals surface area contributed by atoms with Crippen molar-refractivity contribution in [3.8, 4) is 5.75 Å². The van der Waals surface area contributed by atoms with Crippen molar-refractivity contribution in [2.45, 2.75) is 25.0 Å². The molecule has 7 heteroatoms. The minimum atomic E-state index is -0.394. The number of fused-ring (bicyclic) bond motifs is 1. The number of nitrogens with zero attached hydrogens (tertiary/aromatic N) is 3. The van der Waals surface area contributed by atoms with E-state index < -0.39 is 5.60 Å². The lowest BCUT2D eigenvalue weighted by molar-refractivity contribution is -0.0529. The summed E-state index contributed by atoms with van der Waals surface area (Å²) in [6, 6.07) is 9.57. The molecule has 25 heavy (non-hydrogen) atoms. The second-order valence-electron chi connectivity index (χ2n) is 6.63. The van der Waals surface area contributed by atoms with Crippen molar-refractivity contribution >= 4 is 11.8 Å². The normalized spacial score (nSPS) is 19.0. The summed E-state index contributed by atoms with van der Waals surface area (Å²) in [6.07, 6.45) is 3.21. The minimum Gasteiger partial charge on any atom is -0.485 e. The second-order valence-corrected chi connectivity index (χ2v) is 6.63.